The highest BCUT2D eigenvalue weighted by atomic mass is 15.1. The van der Waals surface area contributed by atoms with E-state index in [2.05, 4.69) is 40.5 Å². The first-order valence-corrected chi connectivity index (χ1v) is 7.79. The number of nitrogens with one attached hydrogen (secondary N) is 1. The van der Waals surface area contributed by atoms with Gasteiger partial charge < -0.3 is 5.32 Å². The van der Waals surface area contributed by atoms with Gasteiger partial charge in [-0.1, -0.05) is 44.2 Å². The predicted molar refractivity (Wildman–Crippen MR) is 84.3 cm³/mol. The van der Waals surface area contributed by atoms with Gasteiger partial charge in [0.2, 0.25) is 0 Å². The second kappa shape index (κ2) is 9.99. The first-order valence-electron chi connectivity index (χ1n) is 7.79. The van der Waals surface area contributed by atoms with Gasteiger partial charge in [-0.05, 0) is 57.4 Å². The Hall–Kier alpha value is -0.860. The van der Waals surface area contributed by atoms with Gasteiger partial charge in [0.1, 0.15) is 0 Å². The van der Waals surface area contributed by atoms with Gasteiger partial charge in [0.05, 0.1) is 0 Å². The van der Waals surface area contributed by atoms with Gasteiger partial charge in [0.15, 0.2) is 0 Å². The van der Waals surface area contributed by atoms with E-state index in [1.54, 1.807) is 0 Å². The van der Waals surface area contributed by atoms with Crippen LogP contribution in [-0.4, -0.2) is 31.6 Å². The van der Waals surface area contributed by atoms with Gasteiger partial charge in [-0.2, -0.15) is 0 Å². The lowest BCUT2D eigenvalue weighted by Crippen LogP contribution is -2.34. The van der Waals surface area contributed by atoms with Crippen molar-refractivity contribution >= 4 is 0 Å². The lowest BCUT2D eigenvalue weighted by atomic mass is 9.93. The number of rotatable bonds is 5. The molecule has 1 aromatic rings. The third kappa shape index (κ3) is 6.22. The minimum absolute atomic E-state index is 0.939. The summed E-state index contributed by atoms with van der Waals surface area (Å²) in [5.74, 6) is 0.939. The Morgan fingerprint density at radius 1 is 1.11 bits per heavy atom. The molecule has 0 amide bonds. The monoisotopic (exact) mass is 262 g/mol. The van der Waals surface area contributed by atoms with Crippen LogP contribution in [0.5, 0.6) is 0 Å². The van der Waals surface area contributed by atoms with Crippen LogP contribution in [0.4, 0.5) is 0 Å². The summed E-state index contributed by atoms with van der Waals surface area (Å²) in [5.41, 5.74) is 1.45. The van der Waals surface area contributed by atoms with Gasteiger partial charge in [0.25, 0.3) is 0 Å². The fourth-order valence-corrected chi connectivity index (χ4v) is 2.62. The molecule has 1 saturated heterocycles. The van der Waals surface area contributed by atoms with Crippen molar-refractivity contribution in [1.82, 2.24) is 10.2 Å². The van der Waals surface area contributed by atoms with E-state index in [-0.39, 0.29) is 0 Å². The molecule has 0 bridgehead atoms. The second-order valence-corrected chi connectivity index (χ2v) is 5.10. The minimum Gasteiger partial charge on any atom is -0.320 e. The Balaban J connectivity index is 0.000000861. The molecule has 0 aromatic heterocycles. The number of benzene rings is 1. The number of piperidine rings is 1. The predicted octanol–water partition coefficient (Wildman–Crippen LogP) is 3.53. The second-order valence-electron chi connectivity index (χ2n) is 5.10. The van der Waals surface area contributed by atoms with Crippen molar-refractivity contribution in [3.63, 3.8) is 0 Å². The molecular formula is C17H30N2. The zero-order valence-corrected chi connectivity index (χ0v) is 12.9. The molecule has 0 aliphatic carbocycles. The van der Waals surface area contributed by atoms with Crippen LogP contribution in [0, 0.1) is 5.92 Å². The average Bonchev–Trinajstić information content (AvgIpc) is 2.50. The van der Waals surface area contributed by atoms with Crippen molar-refractivity contribution in [2.75, 3.05) is 26.7 Å². The number of hydrogen-bond acceptors (Lipinski definition) is 2. The lowest BCUT2D eigenvalue weighted by Gasteiger charge is -2.32. The summed E-state index contributed by atoms with van der Waals surface area (Å²) in [6.07, 6.45) is 4.08. The molecule has 19 heavy (non-hydrogen) atoms. The summed E-state index contributed by atoms with van der Waals surface area (Å²) in [7, 11) is 2.05. The van der Waals surface area contributed by atoms with Gasteiger partial charge in [-0.25, -0.2) is 0 Å². The molecule has 108 valence electrons. The standard InChI is InChI=1S/C15H24N2.C2H6/c1-16-10-7-14-8-11-17(12-9-14)13-15-5-3-2-4-6-15;1-2/h2-6,14,16H,7-13H2,1H3;1-2H3. The first kappa shape index (κ1) is 16.2. The summed E-state index contributed by atoms with van der Waals surface area (Å²) in [5, 5.41) is 3.25. The Morgan fingerprint density at radius 2 is 1.74 bits per heavy atom. The van der Waals surface area contributed by atoms with E-state index in [4.69, 9.17) is 0 Å². The molecular weight excluding hydrogens is 232 g/mol. The normalized spacial score (nSPS) is 16.8. The van der Waals surface area contributed by atoms with E-state index in [9.17, 15) is 0 Å². The van der Waals surface area contributed by atoms with E-state index in [0.29, 0.717) is 0 Å². The molecule has 1 aromatic carbocycles. The van der Waals surface area contributed by atoms with Crippen LogP contribution < -0.4 is 5.32 Å². The number of hydrogen-bond donors (Lipinski definition) is 1. The van der Waals surface area contributed by atoms with Crippen molar-refractivity contribution in [3.8, 4) is 0 Å². The van der Waals surface area contributed by atoms with E-state index in [1.165, 1.54) is 44.5 Å². The van der Waals surface area contributed by atoms with Gasteiger partial charge >= 0.3 is 0 Å². The van der Waals surface area contributed by atoms with Crippen molar-refractivity contribution < 1.29 is 0 Å². The summed E-state index contributed by atoms with van der Waals surface area (Å²) in [4.78, 5) is 2.59. The molecule has 0 saturated carbocycles. The van der Waals surface area contributed by atoms with Gasteiger partial charge in [-0.15, -0.1) is 0 Å². The van der Waals surface area contributed by atoms with E-state index < -0.39 is 0 Å². The molecule has 1 aliphatic rings. The van der Waals surface area contributed by atoms with E-state index >= 15 is 0 Å². The Labute approximate surface area is 119 Å². The third-order valence-corrected chi connectivity index (χ3v) is 3.76. The van der Waals surface area contributed by atoms with Gasteiger partial charge in [0, 0.05) is 6.54 Å². The molecule has 1 N–H and O–H groups in total. The van der Waals surface area contributed by atoms with Crippen molar-refractivity contribution in [3.05, 3.63) is 35.9 Å². The highest BCUT2D eigenvalue weighted by Crippen LogP contribution is 2.21. The maximum Gasteiger partial charge on any atom is 0.0233 e. The largest absolute Gasteiger partial charge is 0.320 e. The van der Waals surface area contributed by atoms with E-state index in [0.717, 1.165) is 12.5 Å². The minimum atomic E-state index is 0.939. The van der Waals surface area contributed by atoms with E-state index in [1.807, 2.05) is 20.9 Å². The molecule has 1 heterocycles. The fraction of sp³-hybridized carbons (Fsp3) is 0.647. The summed E-state index contributed by atoms with van der Waals surface area (Å²) < 4.78 is 0. The summed E-state index contributed by atoms with van der Waals surface area (Å²) >= 11 is 0. The van der Waals surface area contributed by atoms with Crippen molar-refractivity contribution in [2.45, 2.75) is 39.7 Å². The highest BCUT2D eigenvalue weighted by molar-refractivity contribution is 5.14. The van der Waals surface area contributed by atoms with Crippen LogP contribution in [-0.2, 0) is 6.54 Å². The molecule has 0 spiro atoms. The zero-order chi connectivity index (χ0) is 13.9. The smallest absolute Gasteiger partial charge is 0.0233 e. The van der Waals surface area contributed by atoms with Crippen LogP contribution in [0.1, 0.15) is 38.7 Å². The SMILES string of the molecule is CC.CNCCC1CCN(Cc2ccccc2)CC1. The van der Waals surface area contributed by atoms with Crippen LogP contribution in [0.3, 0.4) is 0 Å². The molecule has 0 radical (unpaired) electrons. The lowest BCUT2D eigenvalue weighted by molar-refractivity contribution is 0.172. The zero-order valence-electron chi connectivity index (χ0n) is 12.9. The quantitative estimate of drug-likeness (QED) is 0.873. The Bertz CT molecular complexity index is 302. The Kier molecular flexibility index (Phi) is 8.52. The molecule has 2 rings (SSSR count). The summed E-state index contributed by atoms with van der Waals surface area (Å²) in [6, 6.07) is 10.8. The maximum absolute atomic E-state index is 3.25. The van der Waals surface area contributed by atoms with Crippen LogP contribution in [0.15, 0.2) is 30.3 Å². The van der Waals surface area contributed by atoms with Gasteiger partial charge in [-0.3, -0.25) is 4.90 Å². The van der Waals surface area contributed by atoms with Crippen LogP contribution >= 0.6 is 0 Å². The Morgan fingerprint density at radius 3 is 2.32 bits per heavy atom. The molecule has 1 fully saturated rings. The number of likely N-dealkylation sites (tertiary alicyclic amines) is 1. The maximum atomic E-state index is 3.25. The van der Waals surface area contributed by atoms with Crippen LogP contribution in [0.2, 0.25) is 0 Å². The molecule has 2 heteroatoms. The highest BCUT2D eigenvalue weighted by Gasteiger charge is 2.18. The molecule has 0 unspecified atom stereocenters. The molecule has 0 atom stereocenters. The number of nitrogens with zero attached hydrogens (tertiary/aromatic N) is 1. The third-order valence-electron chi connectivity index (χ3n) is 3.76. The van der Waals surface area contributed by atoms with Crippen molar-refractivity contribution in [2.24, 2.45) is 5.92 Å². The molecule has 1 aliphatic heterocycles. The molecule has 2 nitrogen and oxygen atoms in total. The first-order chi connectivity index (χ1) is 9.38. The van der Waals surface area contributed by atoms with Crippen molar-refractivity contribution in [1.29, 1.82) is 0 Å². The topological polar surface area (TPSA) is 15.3 Å². The fourth-order valence-electron chi connectivity index (χ4n) is 2.62. The average molecular weight is 262 g/mol. The van der Waals surface area contributed by atoms with Crippen LogP contribution in [0.25, 0.3) is 0 Å². The summed E-state index contributed by atoms with van der Waals surface area (Å²) in [6.45, 7) is 8.83.